The van der Waals surface area contributed by atoms with E-state index in [1.165, 1.54) is 12.4 Å². The summed E-state index contributed by atoms with van der Waals surface area (Å²) in [5.74, 6) is 0.105. The first kappa shape index (κ1) is 9.60. The molecule has 0 aliphatic carbocycles. The summed E-state index contributed by atoms with van der Waals surface area (Å²) in [4.78, 5) is 15.1. The fraction of sp³-hybridized carbons (Fsp3) is 0. The SMILES string of the molecule is O=C(/C=C/c1ccsc1)Nc1ncn[nH]1. The van der Waals surface area contributed by atoms with Crippen molar-refractivity contribution in [3.05, 3.63) is 34.8 Å². The predicted molar refractivity (Wildman–Crippen MR) is 58.4 cm³/mol. The van der Waals surface area contributed by atoms with Gasteiger partial charge in [0.05, 0.1) is 0 Å². The van der Waals surface area contributed by atoms with E-state index in [2.05, 4.69) is 20.5 Å². The van der Waals surface area contributed by atoms with Crippen molar-refractivity contribution in [2.24, 2.45) is 0 Å². The van der Waals surface area contributed by atoms with E-state index in [1.54, 1.807) is 17.4 Å². The molecule has 0 unspecified atom stereocenters. The number of amides is 1. The molecule has 0 fully saturated rings. The van der Waals surface area contributed by atoms with Gasteiger partial charge in [-0.2, -0.15) is 21.4 Å². The summed E-state index contributed by atoms with van der Waals surface area (Å²) in [6.07, 6.45) is 4.52. The summed E-state index contributed by atoms with van der Waals surface area (Å²) in [6, 6.07) is 1.93. The molecular weight excluding hydrogens is 212 g/mol. The minimum atomic E-state index is -0.238. The zero-order valence-corrected chi connectivity index (χ0v) is 8.49. The molecule has 0 atom stereocenters. The van der Waals surface area contributed by atoms with Gasteiger partial charge in [0.15, 0.2) is 0 Å². The largest absolute Gasteiger partial charge is 0.291 e. The highest BCUT2D eigenvalue weighted by Crippen LogP contribution is 2.07. The first-order valence-corrected chi connectivity index (χ1v) is 5.15. The summed E-state index contributed by atoms with van der Waals surface area (Å²) in [6.45, 7) is 0. The van der Waals surface area contributed by atoms with Crippen molar-refractivity contribution < 1.29 is 4.79 Å². The van der Waals surface area contributed by atoms with Crippen molar-refractivity contribution in [1.29, 1.82) is 0 Å². The zero-order chi connectivity index (χ0) is 10.5. The Bertz CT molecular complexity index is 446. The normalized spacial score (nSPS) is 10.7. The fourth-order valence-electron chi connectivity index (χ4n) is 0.966. The molecule has 1 amide bonds. The van der Waals surface area contributed by atoms with Gasteiger partial charge in [0.25, 0.3) is 5.91 Å². The minimum Gasteiger partial charge on any atom is -0.291 e. The topological polar surface area (TPSA) is 70.7 Å². The second kappa shape index (κ2) is 4.52. The number of anilines is 1. The molecule has 2 heterocycles. The number of rotatable bonds is 3. The molecule has 2 aromatic heterocycles. The molecule has 0 aliphatic rings. The van der Waals surface area contributed by atoms with E-state index in [0.29, 0.717) is 5.95 Å². The van der Waals surface area contributed by atoms with Gasteiger partial charge >= 0.3 is 0 Å². The van der Waals surface area contributed by atoms with Crippen LogP contribution in [-0.4, -0.2) is 21.1 Å². The molecule has 5 nitrogen and oxygen atoms in total. The second-order valence-corrected chi connectivity index (χ2v) is 3.49. The van der Waals surface area contributed by atoms with E-state index >= 15 is 0 Å². The number of carbonyl (C=O) groups excluding carboxylic acids is 1. The Labute approximate surface area is 89.9 Å². The highest BCUT2D eigenvalue weighted by atomic mass is 32.1. The maximum Gasteiger partial charge on any atom is 0.250 e. The first-order valence-electron chi connectivity index (χ1n) is 4.21. The molecule has 2 aromatic rings. The number of thiophene rings is 1. The summed E-state index contributed by atoms with van der Waals surface area (Å²) in [5, 5.41) is 12.6. The molecule has 0 saturated carbocycles. The van der Waals surface area contributed by atoms with Crippen molar-refractivity contribution in [3.8, 4) is 0 Å². The first-order chi connectivity index (χ1) is 7.34. The Morgan fingerprint density at radius 1 is 1.60 bits per heavy atom. The number of H-pyrrole nitrogens is 1. The van der Waals surface area contributed by atoms with Crippen molar-refractivity contribution >= 4 is 29.3 Å². The summed E-state index contributed by atoms with van der Waals surface area (Å²) >= 11 is 1.59. The zero-order valence-electron chi connectivity index (χ0n) is 7.68. The molecule has 6 heteroatoms. The van der Waals surface area contributed by atoms with Crippen LogP contribution in [0.15, 0.2) is 29.2 Å². The summed E-state index contributed by atoms with van der Waals surface area (Å²) in [7, 11) is 0. The Hall–Kier alpha value is -1.95. The maximum atomic E-state index is 11.3. The van der Waals surface area contributed by atoms with Gasteiger partial charge in [0.1, 0.15) is 6.33 Å². The van der Waals surface area contributed by atoms with Gasteiger partial charge in [0.2, 0.25) is 5.95 Å². The third-order valence-corrected chi connectivity index (χ3v) is 2.33. The Morgan fingerprint density at radius 3 is 3.20 bits per heavy atom. The maximum absolute atomic E-state index is 11.3. The Kier molecular flexibility index (Phi) is 2.89. The van der Waals surface area contributed by atoms with Crippen LogP contribution in [0.4, 0.5) is 5.95 Å². The van der Waals surface area contributed by atoms with Crippen LogP contribution in [-0.2, 0) is 4.79 Å². The van der Waals surface area contributed by atoms with Crippen LogP contribution < -0.4 is 5.32 Å². The van der Waals surface area contributed by atoms with E-state index in [-0.39, 0.29) is 5.91 Å². The smallest absolute Gasteiger partial charge is 0.250 e. The van der Waals surface area contributed by atoms with Gasteiger partial charge in [0, 0.05) is 6.08 Å². The third-order valence-electron chi connectivity index (χ3n) is 1.63. The lowest BCUT2D eigenvalue weighted by Gasteiger charge is -1.93. The average Bonchev–Trinajstić information content (AvgIpc) is 2.86. The monoisotopic (exact) mass is 220 g/mol. The number of aromatic nitrogens is 3. The van der Waals surface area contributed by atoms with E-state index in [9.17, 15) is 4.79 Å². The van der Waals surface area contributed by atoms with E-state index in [1.807, 2.05) is 16.8 Å². The molecular formula is C9H8N4OS. The number of carbonyl (C=O) groups is 1. The molecule has 2 rings (SSSR count). The number of nitrogens with zero attached hydrogens (tertiary/aromatic N) is 2. The van der Waals surface area contributed by atoms with Crippen molar-refractivity contribution in [2.45, 2.75) is 0 Å². The van der Waals surface area contributed by atoms with Gasteiger partial charge < -0.3 is 0 Å². The number of hydrogen-bond donors (Lipinski definition) is 2. The molecule has 0 radical (unpaired) electrons. The Balaban J connectivity index is 1.93. The van der Waals surface area contributed by atoms with Crippen LogP contribution in [0.5, 0.6) is 0 Å². The molecule has 0 saturated heterocycles. The minimum absolute atomic E-state index is 0.238. The number of nitrogens with one attached hydrogen (secondary N) is 2. The summed E-state index contributed by atoms with van der Waals surface area (Å²) in [5.41, 5.74) is 1.01. The van der Waals surface area contributed by atoms with E-state index in [0.717, 1.165) is 5.56 Å². The third kappa shape index (κ3) is 2.75. The molecule has 15 heavy (non-hydrogen) atoms. The lowest BCUT2D eigenvalue weighted by Crippen LogP contribution is -2.08. The molecule has 0 aliphatic heterocycles. The van der Waals surface area contributed by atoms with Gasteiger partial charge in [-0.05, 0) is 28.5 Å². The molecule has 76 valence electrons. The second-order valence-electron chi connectivity index (χ2n) is 2.71. The molecule has 0 spiro atoms. The van der Waals surface area contributed by atoms with Crippen LogP contribution in [0.3, 0.4) is 0 Å². The van der Waals surface area contributed by atoms with Gasteiger partial charge in [-0.1, -0.05) is 0 Å². The Morgan fingerprint density at radius 2 is 2.53 bits per heavy atom. The average molecular weight is 220 g/mol. The molecule has 0 aromatic carbocycles. The van der Waals surface area contributed by atoms with Crippen LogP contribution in [0.1, 0.15) is 5.56 Å². The van der Waals surface area contributed by atoms with Crippen LogP contribution in [0, 0.1) is 0 Å². The summed E-state index contributed by atoms with van der Waals surface area (Å²) < 4.78 is 0. The van der Waals surface area contributed by atoms with Crippen molar-refractivity contribution in [3.63, 3.8) is 0 Å². The fourth-order valence-corrected chi connectivity index (χ4v) is 1.59. The van der Waals surface area contributed by atoms with Crippen LogP contribution in [0.2, 0.25) is 0 Å². The van der Waals surface area contributed by atoms with Gasteiger partial charge in [-0.25, -0.2) is 5.10 Å². The molecule has 2 N–H and O–H groups in total. The predicted octanol–water partition coefficient (Wildman–Crippen LogP) is 1.52. The quantitative estimate of drug-likeness (QED) is 0.770. The lowest BCUT2D eigenvalue weighted by molar-refractivity contribution is -0.111. The van der Waals surface area contributed by atoms with Crippen LogP contribution in [0.25, 0.3) is 6.08 Å². The lowest BCUT2D eigenvalue weighted by atomic mass is 10.3. The van der Waals surface area contributed by atoms with E-state index in [4.69, 9.17) is 0 Å². The number of aromatic amines is 1. The van der Waals surface area contributed by atoms with Gasteiger partial charge in [-0.15, -0.1) is 0 Å². The standard InChI is InChI=1S/C9H8N4OS/c14-8(12-9-10-6-11-13-9)2-1-7-3-4-15-5-7/h1-6H,(H2,10,11,12,13,14)/b2-1+. The molecule has 0 bridgehead atoms. The number of hydrogen-bond acceptors (Lipinski definition) is 4. The van der Waals surface area contributed by atoms with Crippen molar-refractivity contribution in [2.75, 3.05) is 5.32 Å². The van der Waals surface area contributed by atoms with Crippen molar-refractivity contribution in [1.82, 2.24) is 15.2 Å². The van der Waals surface area contributed by atoms with Crippen LogP contribution >= 0.6 is 11.3 Å². The highest BCUT2D eigenvalue weighted by Gasteiger charge is 1.98. The van der Waals surface area contributed by atoms with E-state index < -0.39 is 0 Å². The highest BCUT2D eigenvalue weighted by molar-refractivity contribution is 7.08. The van der Waals surface area contributed by atoms with Gasteiger partial charge in [-0.3, -0.25) is 10.1 Å².